The standard InChI is InChI=1S/C21H18ClF3N4O2/c1-10-18-12(20(28(2)27-18)11-8-13(23)17(25)14(24)9-11)5-7-29(10)21(30)19-16(22)15(31-3)4-6-26-19/h4,6,8-10H,5,7H2,1-3H3/t10-/m0/s1. The quantitative estimate of drug-likeness (QED) is 0.558. The summed E-state index contributed by atoms with van der Waals surface area (Å²) in [6.07, 6.45) is 1.82. The minimum Gasteiger partial charge on any atom is -0.495 e. The van der Waals surface area contributed by atoms with Crippen LogP contribution in [-0.4, -0.2) is 39.2 Å². The van der Waals surface area contributed by atoms with E-state index in [0.29, 0.717) is 30.1 Å². The Hall–Kier alpha value is -3.07. The number of carbonyl (C=O) groups excluding carboxylic acids is 1. The smallest absolute Gasteiger partial charge is 0.274 e. The van der Waals surface area contributed by atoms with Crippen molar-refractivity contribution in [2.45, 2.75) is 19.4 Å². The van der Waals surface area contributed by atoms with E-state index in [4.69, 9.17) is 16.3 Å². The van der Waals surface area contributed by atoms with Gasteiger partial charge >= 0.3 is 0 Å². The summed E-state index contributed by atoms with van der Waals surface area (Å²) in [5, 5.41) is 4.60. The number of benzene rings is 1. The molecule has 31 heavy (non-hydrogen) atoms. The van der Waals surface area contributed by atoms with Crippen molar-refractivity contribution in [3.8, 4) is 17.0 Å². The van der Waals surface area contributed by atoms with Crippen LogP contribution in [0.1, 0.15) is 34.7 Å². The first-order valence-corrected chi connectivity index (χ1v) is 9.82. The van der Waals surface area contributed by atoms with Gasteiger partial charge in [-0.05, 0) is 25.5 Å². The van der Waals surface area contributed by atoms with Gasteiger partial charge in [0.1, 0.15) is 10.8 Å². The largest absolute Gasteiger partial charge is 0.495 e. The normalized spacial score (nSPS) is 15.7. The summed E-state index contributed by atoms with van der Waals surface area (Å²) in [7, 11) is 3.08. The van der Waals surface area contributed by atoms with Gasteiger partial charge in [0.05, 0.1) is 24.5 Å². The number of carbonyl (C=O) groups is 1. The summed E-state index contributed by atoms with van der Waals surface area (Å²) < 4.78 is 47.6. The molecule has 1 amide bonds. The number of pyridine rings is 1. The summed E-state index contributed by atoms with van der Waals surface area (Å²) in [6, 6.07) is 2.99. The Kier molecular flexibility index (Phi) is 5.38. The molecule has 0 spiro atoms. The third-order valence-corrected chi connectivity index (χ3v) is 5.80. The van der Waals surface area contributed by atoms with Crippen LogP contribution in [0.3, 0.4) is 0 Å². The first-order chi connectivity index (χ1) is 14.7. The van der Waals surface area contributed by atoms with Crippen LogP contribution in [0.2, 0.25) is 5.02 Å². The van der Waals surface area contributed by atoms with Gasteiger partial charge in [-0.15, -0.1) is 0 Å². The van der Waals surface area contributed by atoms with Crippen LogP contribution in [0, 0.1) is 17.5 Å². The van der Waals surface area contributed by atoms with Crippen molar-refractivity contribution >= 4 is 17.5 Å². The van der Waals surface area contributed by atoms with Crippen molar-refractivity contribution in [2.75, 3.05) is 13.7 Å². The number of aryl methyl sites for hydroxylation is 1. The third-order valence-electron chi connectivity index (χ3n) is 5.44. The molecule has 0 aliphatic carbocycles. The van der Waals surface area contributed by atoms with Crippen molar-refractivity contribution in [1.82, 2.24) is 19.7 Å². The van der Waals surface area contributed by atoms with E-state index in [1.807, 2.05) is 0 Å². The molecule has 0 saturated carbocycles. The Morgan fingerprint density at radius 3 is 2.58 bits per heavy atom. The monoisotopic (exact) mass is 450 g/mol. The van der Waals surface area contributed by atoms with E-state index in [9.17, 15) is 18.0 Å². The minimum absolute atomic E-state index is 0.0650. The van der Waals surface area contributed by atoms with Gasteiger partial charge in [0.2, 0.25) is 0 Å². The van der Waals surface area contributed by atoms with E-state index in [-0.39, 0.29) is 22.2 Å². The molecule has 1 aliphatic rings. The highest BCUT2D eigenvalue weighted by atomic mass is 35.5. The maximum absolute atomic E-state index is 13.8. The van der Waals surface area contributed by atoms with Gasteiger partial charge < -0.3 is 9.64 Å². The summed E-state index contributed by atoms with van der Waals surface area (Å²) in [6.45, 7) is 2.11. The lowest BCUT2D eigenvalue weighted by Crippen LogP contribution is -2.39. The molecule has 3 heterocycles. The fraction of sp³-hybridized carbons (Fsp3) is 0.286. The molecule has 0 fully saturated rings. The van der Waals surface area contributed by atoms with Gasteiger partial charge in [-0.3, -0.25) is 9.48 Å². The van der Waals surface area contributed by atoms with Crippen molar-refractivity contribution in [1.29, 1.82) is 0 Å². The highest BCUT2D eigenvalue weighted by Gasteiger charge is 2.35. The molecule has 0 N–H and O–H groups in total. The Balaban J connectivity index is 1.72. The predicted octanol–water partition coefficient (Wildman–Crippen LogP) is 4.32. The third kappa shape index (κ3) is 3.42. The van der Waals surface area contributed by atoms with Crippen molar-refractivity contribution < 1.29 is 22.7 Å². The SMILES string of the molecule is COc1ccnc(C(=O)N2CCc3c(nn(C)c3-c3cc(F)c(F)c(F)c3)[C@@H]2C)c1Cl. The van der Waals surface area contributed by atoms with Gasteiger partial charge in [-0.1, -0.05) is 11.6 Å². The van der Waals surface area contributed by atoms with Gasteiger partial charge in [0.15, 0.2) is 23.1 Å². The molecular weight excluding hydrogens is 433 g/mol. The summed E-state index contributed by atoms with van der Waals surface area (Å²) in [4.78, 5) is 18.8. The molecule has 3 aromatic rings. The fourth-order valence-electron chi connectivity index (χ4n) is 3.94. The minimum atomic E-state index is -1.52. The van der Waals surface area contributed by atoms with Gasteiger partial charge in [0, 0.05) is 37.0 Å². The summed E-state index contributed by atoms with van der Waals surface area (Å²) in [5.74, 6) is -4.11. The zero-order chi connectivity index (χ0) is 22.4. The Bertz CT molecular complexity index is 1170. The maximum atomic E-state index is 13.8. The lowest BCUT2D eigenvalue weighted by Gasteiger charge is -2.33. The molecule has 0 bridgehead atoms. The molecule has 0 radical (unpaired) electrons. The lowest BCUT2D eigenvalue weighted by atomic mass is 9.95. The van der Waals surface area contributed by atoms with Crippen LogP contribution in [-0.2, 0) is 13.5 Å². The van der Waals surface area contributed by atoms with E-state index >= 15 is 0 Å². The highest BCUT2D eigenvalue weighted by molar-refractivity contribution is 6.34. The van der Waals surface area contributed by atoms with Crippen LogP contribution >= 0.6 is 11.6 Å². The molecule has 2 aromatic heterocycles. The molecule has 1 aliphatic heterocycles. The average molecular weight is 451 g/mol. The zero-order valence-electron chi connectivity index (χ0n) is 16.9. The summed E-state index contributed by atoms with van der Waals surface area (Å²) in [5.41, 5.74) is 2.05. The van der Waals surface area contributed by atoms with E-state index in [0.717, 1.165) is 17.7 Å². The fourth-order valence-corrected chi connectivity index (χ4v) is 4.21. The average Bonchev–Trinajstić information content (AvgIpc) is 3.08. The number of ether oxygens (including phenoxy) is 1. The second-order valence-electron chi connectivity index (χ2n) is 7.19. The van der Waals surface area contributed by atoms with Gasteiger partial charge in [-0.2, -0.15) is 5.10 Å². The molecule has 0 saturated heterocycles. The number of hydrogen-bond donors (Lipinski definition) is 0. The van der Waals surface area contributed by atoms with Crippen LogP contribution in [0.15, 0.2) is 24.4 Å². The van der Waals surface area contributed by atoms with Gasteiger partial charge in [0.25, 0.3) is 5.91 Å². The molecule has 4 rings (SSSR count). The Morgan fingerprint density at radius 2 is 1.94 bits per heavy atom. The number of aromatic nitrogens is 3. The van der Waals surface area contributed by atoms with Crippen molar-refractivity contribution in [3.63, 3.8) is 0 Å². The number of rotatable bonds is 3. The number of nitrogens with zero attached hydrogens (tertiary/aromatic N) is 4. The first-order valence-electron chi connectivity index (χ1n) is 9.44. The molecular formula is C21H18ClF3N4O2. The number of halogens is 4. The topological polar surface area (TPSA) is 60.2 Å². The zero-order valence-corrected chi connectivity index (χ0v) is 17.7. The van der Waals surface area contributed by atoms with Crippen LogP contribution in [0.5, 0.6) is 5.75 Å². The van der Waals surface area contributed by atoms with Gasteiger partial charge in [-0.25, -0.2) is 18.2 Å². The lowest BCUT2D eigenvalue weighted by molar-refractivity contribution is 0.0667. The number of methoxy groups -OCH3 is 1. The maximum Gasteiger partial charge on any atom is 0.274 e. The van der Waals surface area contributed by atoms with Crippen LogP contribution in [0.4, 0.5) is 13.2 Å². The number of hydrogen-bond acceptors (Lipinski definition) is 4. The number of amides is 1. The van der Waals surface area contributed by atoms with E-state index < -0.39 is 23.5 Å². The molecule has 1 aromatic carbocycles. The van der Waals surface area contributed by atoms with Crippen molar-refractivity contribution in [3.05, 3.63) is 63.8 Å². The Morgan fingerprint density at radius 1 is 1.26 bits per heavy atom. The second-order valence-corrected chi connectivity index (χ2v) is 7.57. The Labute approximate surface area is 181 Å². The second kappa shape index (κ2) is 7.88. The van der Waals surface area contributed by atoms with Crippen LogP contribution in [0.25, 0.3) is 11.3 Å². The van der Waals surface area contributed by atoms with E-state index in [2.05, 4.69) is 10.1 Å². The van der Waals surface area contributed by atoms with Crippen LogP contribution < -0.4 is 4.74 Å². The highest BCUT2D eigenvalue weighted by Crippen LogP contribution is 2.37. The summed E-state index contributed by atoms with van der Waals surface area (Å²) >= 11 is 6.27. The molecule has 162 valence electrons. The van der Waals surface area contributed by atoms with E-state index in [1.165, 1.54) is 18.0 Å². The molecule has 0 unspecified atom stereocenters. The predicted molar refractivity (Wildman–Crippen MR) is 107 cm³/mol. The van der Waals surface area contributed by atoms with Crippen molar-refractivity contribution in [2.24, 2.45) is 7.05 Å². The molecule has 6 nitrogen and oxygen atoms in total. The number of fused-ring (bicyclic) bond motifs is 1. The molecule has 1 atom stereocenters. The molecule has 10 heteroatoms. The van der Waals surface area contributed by atoms with E-state index in [1.54, 1.807) is 24.9 Å². The first kappa shape index (κ1) is 21.2.